The number of rotatable bonds is 10. The van der Waals surface area contributed by atoms with Crippen LogP contribution in [-0.4, -0.2) is 16.2 Å². The molecule has 0 atom stereocenters. The molecule has 0 unspecified atom stereocenters. The van der Waals surface area contributed by atoms with Crippen molar-refractivity contribution in [2.24, 2.45) is 0 Å². The van der Waals surface area contributed by atoms with Crippen molar-refractivity contribution in [3.63, 3.8) is 0 Å². The maximum atomic E-state index is 7.34. The van der Waals surface area contributed by atoms with Gasteiger partial charge in [0.2, 0.25) is 0 Å². The lowest BCUT2D eigenvalue weighted by atomic mass is 9.78. The van der Waals surface area contributed by atoms with E-state index in [0.29, 0.717) is 6.67 Å². The summed E-state index contributed by atoms with van der Waals surface area (Å²) in [7, 11) is 0. The van der Waals surface area contributed by atoms with Crippen LogP contribution in [0.15, 0.2) is 194 Å². The number of ether oxygens (including phenoxy) is 1. The molecule has 0 fully saturated rings. The number of fused-ring (bicyclic) bond motifs is 3. The Kier molecular flexibility index (Phi) is 12.3. The summed E-state index contributed by atoms with van der Waals surface area (Å²) >= 11 is 0. The molecule has 0 saturated carbocycles. The van der Waals surface area contributed by atoms with Gasteiger partial charge in [0.1, 0.15) is 17.3 Å². The Bertz CT molecular complexity index is 3470. The van der Waals surface area contributed by atoms with Crippen molar-refractivity contribution in [3.8, 4) is 28.4 Å². The van der Waals surface area contributed by atoms with E-state index in [0.717, 1.165) is 45.2 Å². The van der Waals surface area contributed by atoms with E-state index >= 15 is 0 Å². The molecule has 0 radical (unpaired) electrons. The second-order valence-corrected chi connectivity index (χ2v) is 24.4. The molecule has 1 aliphatic heterocycles. The Morgan fingerprint density at radius 2 is 1.01 bits per heavy atom. The minimum atomic E-state index is -0.351. The first-order valence-electron chi connectivity index (χ1n) is 26.0. The average Bonchev–Trinajstić information content (AvgIpc) is 3.97. The van der Waals surface area contributed by atoms with Gasteiger partial charge in [-0.15, -0.1) is 0 Å². The molecular formula is C68H72N4O. The molecule has 0 saturated heterocycles. The quantitative estimate of drug-likeness (QED) is 0.137. The molecule has 73 heavy (non-hydrogen) atoms. The Labute approximate surface area is 434 Å². The van der Waals surface area contributed by atoms with E-state index < -0.39 is 0 Å². The summed E-state index contributed by atoms with van der Waals surface area (Å²) < 4.78 is 9.67. The van der Waals surface area contributed by atoms with Crippen LogP contribution in [-0.2, 0) is 27.1 Å². The van der Waals surface area contributed by atoms with Crippen LogP contribution in [0.25, 0.3) is 38.8 Å². The summed E-state index contributed by atoms with van der Waals surface area (Å²) in [5.74, 6) is 2.42. The first-order chi connectivity index (χ1) is 34.6. The van der Waals surface area contributed by atoms with E-state index in [1.165, 1.54) is 55.5 Å². The molecule has 7 aromatic carbocycles. The monoisotopic (exact) mass is 961 g/mol. The first kappa shape index (κ1) is 49.2. The number of allylic oxidation sites excluding steroid dienone is 1. The van der Waals surface area contributed by atoms with Crippen LogP contribution in [0.2, 0.25) is 0 Å². The zero-order chi connectivity index (χ0) is 51.7. The fourth-order valence-electron chi connectivity index (χ4n) is 10.7. The number of anilines is 2. The van der Waals surface area contributed by atoms with Crippen molar-refractivity contribution >= 4 is 33.2 Å². The van der Waals surface area contributed by atoms with Gasteiger partial charge in [0.05, 0.1) is 17.7 Å². The molecule has 5 nitrogen and oxygen atoms in total. The van der Waals surface area contributed by atoms with Gasteiger partial charge in [-0.3, -0.25) is 4.57 Å². The molecule has 10 rings (SSSR count). The van der Waals surface area contributed by atoms with Gasteiger partial charge in [-0.2, -0.15) is 0 Å². The lowest BCUT2D eigenvalue weighted by Crippen LogP contribution is -2.34. The molecule has 2 aromatic heterocycles. The highest BCUT2D eigenvalue weighted by molar-refractivity contribution is 6.11. The summed E-state index contributed by atoms with van der Waals surface area (Å²) in [6.45, 7) is 30.7. The molecule has 3 heterocycles. The van der Waals surface area contributed by atoms with Crippen molar-refractivity contribution < 1.29 is 4.74 Å². The predicted octanol–water partition coefficient (Wildman–Crippen LogP) is 18.0. The minimum Gasteiger partial charge on any atom is -0.457 e. The van der Waals surface area contributed by atoms with Gasteiger partial charge in [-0.25, -0.2) is 4.98 Å². The van der Waals surface area contributed by atoms with Crippen molar-refractivity contribution in [2.45, 2.75) is 117 Å². The summed E-state index contributed by atoms with van der Waals surface area (Å²) in [6, 6.07) is 64.0. The lowest BCUT2D eigenvalue weighted by Gasteiger charge is -2.34. The standard InChI is InChI=1S/C68H72N4O/c1-64(2,3)51-37-52(65(4,5)6)39-53(38-51)70-44-61(68(12,13)49-29-21-16-22-30-49)71(45-70)54-35-47(46-25-17-14-18-26-46)36-55(41-54)73-56-42-58(66(7,8)9)63-57-31-23-24-32-59(57)72(60(63)43-56)62-40-50(33-34-69-62)67(10,11)48-27-19-15-20-28-48/h14-44H,45H2,1-13H3. The largest absolute Gasteiger partial charge is 0.457 e. The zero-order valence-corrected chi connectivity index (χ0v) is 45.3. The predicted molar refractivity (Wildman–Crippen MR) is 309 cm³/mol. The summed E-state index contributed by atoms with van der Waals surface area (Å²) in [5, 5.41) is 2.40. The highest BCUT2D eigenvalue weighted by Gasteiger charge is 2.37. The maximum absolute atomic E-state index is 7.34. The molecule has 0 bridgehead atoms. The van der Waals surface area contributed by atoms with Gasteiger partial charge in [0.15, 0.2) is 0 Å². The smallest absolute Gasteiger partial charge is 0.137 e. The van der Waals surface area contributed by atoms with Crippen molar-refractivity contribution in [2.75, 3.05) is 16.5 Å². The van der Waals surface area contributed by atoms with E-state index in [1.54, 1.807) is 0 Å². The second-order valence-electron chi connectivity index (χ2n) is 24.4. The SMILES string of the molecule is CC(C)(C)c1cc(N2C=C(C(C)(C)c3ccccc3)N(c3cc(Oc4cc(C(C)(C)C)c5c6ccccc6n(-c6cc(C(C)(C)c7ccccc7)ccn6)c5c4)cc(-c4ccccc4)c3)C2)cc(C(C)(C)C)c1. The van der Waals surface area contributed by atoms with Gasteiger partial charge < -0.3 is 14.5 Å². The Hall–Kier alpha value is -7.37. The number of para-hydroxylation sites is 1. The average molecular weight is 961 g/mol. The van der Waals surface area contributed by atoms with E-state index in [-0.39, 0.29) is 27.1 Å². The van der Waals surface area contributed by atoms with Crippen molar-refractivity contribution in [3.05, 3.63) is 227 Å². The van der Waals surface area contributed by atoms with Crippen LogP contribution in [0.4, 0.5) is 11.4 Å². The molecule has 1 aliphatic rings. The number of pyridine rings is 1. The molecule has 0 N–H and O–H groups in total. The third kappa shape index (κ3) is 9.47. The fourth-order valence-corrected chi connectivity index (χ4v) is 10.7. The summed E-state index contributed by atoms with van der Waals surface area (Å²) in [5.41, 5.74) is 14.6. The fraction of sp³-hybridized carbons (Fsp3) is 0.279. The van der Waals surface area contributed by atoms with Crippen LogP contribution in [0.5, 0.6) is 11.5 Å². The second kappa shape index (κ2) is 18.3. The minimum absolute atomic E-state index is 0.0222. The van der Waals surface area contributed by atoms with E-state index in [4.69, 9.17) is 9.72 Å². The summed E-state index contributed by atoms with van der Waals surface area (Å²) in [4.78, 5) is 10.1. The van der Waals surface area contributed by atoms with Gasteiger partial charge in [-0.1, -0.05) is 205 Å². The molecular weight excluding hydrogens is 889 g/mol. The number of hydrogen-bond donors (Lipinski definition) is 0. The van der Waals surface area contributed by atoms with Crippen LogP contribution >= 0.6 is 0 Å². The Balaban J connectivity index is 1.14. The van der Waals surface area contributed by atoms with Gasteiger partial charge >= 0.3 is 0 Å². The number of benzene rings is 7. The third-order valence-electron chi connectivity index (χ3n) is 15.3. The Morgan fingerprint density at radius 3 is 1.63 bits per heavy atom. The molecule has 5 heteroatoms. The topological polar surface area (TPSA) is 33.5 Å². The molecule has 0 amide bonds. The van der Waals surface area contributed by atoms with E-state index in [2.05, 4.69) is 287 Å². The van der Waals surface area contributed by atoms with Gasteiger partial charge in [0, 0.05) is 63.2 Å². The lowest BCUT2D eigenvalue weighted by molar-refractivity contribution is 0.480. The van der Waals surface area contributed by atoms with Crippen molar-refractivity contribution in [1.29, 1.82) is 0 Å². The number of hydrogen-bond acceptors (Lipinski definition) is 4. The Morgan fingerprint density at radius 1 is 0.438 bits per heavy atom. The number of aromatic nitrogens is 2. The van der Waals surface area contributed by atoms with Crippen LogP contribution in [0.3, 0.4) is 0 Å². The normalized spacial score (nSPS) is 13.8. The molecule has 0 aliphatic carbocycles. The van der Waals surface area contributed by atoms with Gasteiger partial charge in [0.25, 0.3) is 0 Å². The third-order valence-corrected chi connectivity index (χ3v) is 15.3. The van der Waals surface area contributed by atoms with E-state index in [9.17, 15) is 0 Å². The van der Waals surface area contributed by atoms with Crippen LogP contribution < -0.4 is 14.5 Å². The maximum Gasteiger partial charge on any atom is 0.137 e. The molecule has 0 spiro atoms. The molecule has 370 valence electrons. The van der Waals surface area contributed by atoms with Crippen LogP contribution in [0.1, 0.15) is 123 Å². The van der Waals surface area contributed by atoms with Gasteiger partial charge in [-0.05, 0) is 109 Å². The first-order valence-corrected chi connectivity index (χ1v) is 26.0. The summed E-state index contributed by atoms with van der Waals surface area (Å²) in [6.07, 6.45) is 4.35. The van der Waals surface area contributed by atoms with E-state index in [1.807, 2.05) is 6.20 Å². The molecule has 9 aromatic rings. The van der Waals surface area contributed by atoms with Crippen molar-refractivity contribution in [1.82, 2.24) is 9.55 Å². The highest BCUT2D eigenvalue weighted by atomic mass is 16.5. The van der Waals surface area contributed by atoms with Crippen LogP contribution in [0, 0.1) is 0 Å². The highest BCUT2D eigenvalue weighted by Crippen LogP contribution is 2.46. The zero-order valence-electron chi connectivity index (χ0n) is 45.3. The number of nitrogens with zero attached hydrogens (tertiary/aromatic N) is 4.